The van der Waals surface area contributed by atoms with Crippen LogP contribution in [0.5, 0.6) is 0 Å². The summed E-state index contributed by atoms with van der Waals surface area (Å²) < 4.78 is 0. The van der Waals surface area contributed by atoms with Crippen LogP contribution in [0.3, 0.4) is 0 Å². The van der Waals surface area contributed by atoms with Crippen molar-refractivity contribution in [2.45, 2.75) is 56.6 Å². The number of piperidine rings is 1. The van der Waals surface area contributed by atoms with E-state index in [2.05, 4.69) is 26.1 Å². The van der Waals surface area contributed by atoms with Crippen molar-refractivity contribution >= 4 is 11.0 Å². The third-order valence-electron chi connectivity index (χ3n) is 5.46. The van der Waals surface area contributed by atoms with E-state index in [-0.39, 0.29) is 6.10 Å². The molecule has 22 heavy (non-hydrogen) atoms. The van der Waals surface area contributed by atoms with Crippen molar-refractivity contribution in [3.8, 4) is 0 Å². The Kier molecular flexibility index (Phi) is 3.84. The molecular weight excluding hydrogens is 276 g/mol. The van der Waals surface area contributed by atoms with Gasteiger partial charge in [0.25, 0.3) is 0 Å². The molecular formula is C17H24N4O. The third kappa shape index (κ3) is 2.52. The summed E-state index contributed by atoms with van der Waals surface area (Å²) in [6.07, 6.45) is 8.51. The molecule has 2 aliphatic rings. The predicted octanol–water partition coefficient (Wildman–Crippen LogP) is 2.44. The van der Waals surface area contributed by atoms with Crippen LogP contribution in [0.4, 0.5) is 0 Å². The number of nitrogens with one attached hydrogen (secondary N) is 1. The Balaban J connectivity index is 1.45. The van der Waals surface area contributed by atoms with Crippen molar-refractivity contribution in [1.29, 1.82) is 0 Å². The van der Waals surface area contributed by atoms with E-state index in [4.69, 9.17) is 0 Å². The summed E-state index contributed by atoms with van der Waals surface area (Å²) in [6, 6.07) is 4.47. The summed E-state index contributed by atoms with van der Waals surface area (Å²) in [6.45, 7) is 2.15. The second-order valence-electron chi connectivity index (χ2n) is 6.74. The molecule has 4 rings (SSSR count). The summed E-state index contributed by atoms with van der Waals surface area (Å²) in [5, 5.41) is 18.9. The monoisotopic (exact) mass is 300 g/mol. The largest absolute Gasteiger partial charge is 0.391 e. The normalized spacial score (nSPS) is 28.2. The molecule has 5 nitrogen and oxygen atoms in total. The Morgan fingerprint density at radius 2 is 1.95 bits per heavy atom. The smallest absolute Gasteiger partial charge is 0.181 e. The van der Waals surface area contributed by atoms with Gasteiger partial charge in [-0.3, -0.25) is 10.00 Å². The maximum absolute atomic E-state index is 10.2. The molecule has 1 aliphatic carbocycles. The summed E-state index contributed by atoms with van der Waals surface area (Å²) in [5.74, 6) is 0.534. The van der Waals surface area contributed by atoms with E-state index >= 15 is 0 Å². The highest BCUT2D eigenvalue weighted by Crippen LogP contribution is 2.33. The Hall–Kier alpha value is -1.46. The standard InChI is InChI=1S/C17H24N4O/c22-15-6-2-1-5-14(15)21-10-7-12(8-11-21)16-13-4-3-9-18-17(13)20-19-16/h3-4,9,12,14-15,22H,1-2,5-8,10-11H2,(H,18,19,20). The zero-order valence-electron chi connectivity index (χ0n) is 12.9. The number of rotatable bonds is 2. The van der Waals surface area contributed by atoms with Gasteiger partial charge in [-0.15, -0.1) is 0 Å². The molecule has 1 saturated heterocycles. The van der Waals surface area contributed by atoms with E-state index in [0.29, 0.717) is 12.0 Å². The van der Waals surface area contributed by atoms with Crippen molar-refractivity contribution < 1.29 is 5.11 Å². The van der Waals surface area contributed by atoms with Gasteiger partial charge in [0.2, 0.25) is 0 Å². The van der Waals surface area contributed by atoms with Crippen molar-refractivity contribution in [2.75, 3.05) is 13.1 Å². The summed E-state index contributed by atoms with van der Waals surface area (Å²) in [4.78, 5) is 6.82. The minimum absolute atomic E-state index is 0.123. The second-order valence-corrected chi connectivity index (χ2v) is 6.74. The maximum Gasteiger partial charge on any atom is 0.181 e. The van der Waals surface area contributed by atoms with Crippen LogP contribution in [0.1, 0.15) is 50.1 Å². The maximum atomic E-state index is 10.2. The summed E-state index contributed by atoms with van der Waals surface area (Å²) in [5.41, 5.74) is 2.06. The number of H-pyrrole nitrogens is 1. The number of aliphatic hydroxyl groups is 1. The fourth-order valence-corrected chi connectivity index (χ4v) is 4.22. The minimum Gasteiger partial charge on any atom is -0.391 e. The van der Waals surface area contributed by atoms with Crippen LogP contribution in [0.2, 0.25) is 0 Å². The Labute approximate surface area is 130 Å². The zero-order chi connectivity index (χ0) is 14.9. The SMILES string of the molecule is OC1CCCCC1N1CCC(c2[nH]nc3ncccc23)CC1. The van der Waals surface area contributed by atoms with Crippen molar-refractivity contribution in [3.05, 3.63) is 24.0 Å². The molecule has 2 unspecified atom stereocenters. The molecule has 1 aliphatic heterocycles. The molecule has 1 saturated carbocycles. The Morgan fingerprint density at radius 1 is 1.14 bits per heavy atom. The van der Waals surface area contributed by atoms with E-state index in [0.717, 1.165) is 44.4 Å². The van der Waals surface area contributed by atoms with Gasteiger partial charge in [0.15, 0.2) is 5.65 Å². The molecule has 5 heteroatoms. The Morgan fingerprint density at radius 3 is 2.77 bits per heavy atom. The van der Waals surface area contributed by atoms with Gasteiger partial charge in [-0.25, -0.2) is 4.98 Å². The predicted molar refractivity (Wildman–Crippen MR) is 85.7 cm³/mol. The van der Waals surface area contributed by atoms with E-state index in [1.807, 2.05) is 6.07 Å². The zero-order valence-corrected chi connectivity index (χ0v) is 12.9. The summed E-state index contributed by atoms with van der Waals surface area (Å²) in [7, 11) is 0. The number of fused-ring (bicyclic) bond motifs is 1. The molecule has 0 radical (unpaired) electrons. The van der Waals surface area contributed by atoms with Gasteiger partial charge in [-0.1, -0.05) is 12.8 Å². The first-order chi connectivity index (χ1) is 10.8. The molecule has 0 aromatic carbocycles. The molecule has 0 bridgehead atoms. The van der Waals surface area contributed by atoms with Gasteiger partial charge in [0, 0.05) is 29.2 Å². The lowest BCUT2D eigenvalue weighted by Gasteiger charge is -2.41. The topological polar surface area (TPSA) is 65.0 Å². The first-order valence-corrected chi connectivity index (χ1v) is 8.54. The van der Waals surface area contributed by atoms with Crippen LogP contribution >= 0.6 is 0 Å². The van der Waals surface area contributed by atoms with E-state index in [1.165, 1.54) is 23.9 Å². The fraction of sp³-hybridized carbons (Fsp3) is 0.647. The van der Waals surface area contributed by atoms with Crippen LogP contribution in [0.15, 0.2) is 18.3 Å². The van der Waals surface area contributed by atoms with Gasteiger partial charge >= 0.3 is 0 Å². The van der Waals surface area contributed by atoms with Gasteiger partial charge in [0.05, 0.1) is 6.10 Å². The van der Waals surface area contributed by atoms with E-state index < -0.39 is 0 Å². The fourth-order valence-electron chi connectivity index (χ4n) is 4.22. The first-order valence-electron chi connectivity index (χ1n) is 8.54. The number of likely N-dealkylation sites (tertiary alicyclic amines) is 1. The molecule has 0 amide bonds. The number of hydrogen-bond acceptors (Lipinski definition) is 4. The molecule has 118 valence electrons. The highest BCUT2D eigenvalue weighted by molar-refractivity contribution is 5.77. The lowest BCUT2D eigenvalue weighted by atomic mass is 9.87. The lowest BCUT2D eigenvalue weighted by Crippen LogP contribution is -2.48. The number of aromatic amines is 1. The van der Waals surface area contributed by atoms with Gasteiger partial charge < -0.3 is 5.11 Å². The highest BCUT2D eigenvalue weighted by Gasteiger charge is 2.32. The third-order valence-corrected chi connectivity index (χ3v) is 5.46. The number of aromatic nitrogens is 3. The lowest BCUT2D eigenvalue weighted by molar-refractivity contribution is 0.00859. The second kappa shape index (κ2) is 5.97. The number of hydrogen-bond donors (Lipinski definition) is 2. The van der Waals surface area contributed by atoms with Gasteiger partial charge in [-0.2, -0.15) is 5.10 Å². The van der Waals surface area contributed by atoms with E-state index in [1.54, 1.807) is 6.20 Å². The average molecular weight is 300 g/mol. The van der Waals surface area contributed by atoms with Gasteiger partial charge in [-0.05, 0) is 50.9 Å². The molecule has 2 fully saturated rings. The van der Waals surface area contributed by atoms with Crippen LogP contribution in [-0.2, 0) is 0 Å². The van der Waals surface area contributed by atoms with Crippen LogP contribution in [0.25, 0.3) is 11.0 Å². The van der Waals surface area contributed by atoms with Crippen LogP contribution in [-0.4, -0.2) is 50.4 Å². The molecule has 0 spiro atoms. The van der Waals surface area contributed by atoms with Crippen molar-refractivity contribution in [3.63, 3.8) is 0 Å². The average Bonchev–Trinajstić information content (AvgIpc) is 3.00. The number of pyridine rings is 1. The number of aliphatic hydroxyl groups excluding tert-OH is 1. The molecule has 3 heterocycles. The van der Waals surface area contributed by atoms with Crippen LogP contribution < -0.4 is 0 Å². The Bertz CT molecular complexity index is 632. The highest BCUT2D eigenvalue weighted by atomic mass is 16.3. The molecule has 2 aromatic heterocycles. The number of nitrogens with zero attached hydrogens (tertiary/aromatic N) is 3. The summed E-state index contributed by atoms with van der Waals surface area (Å²) >= 11 is 0. The quantitative estimate of drug-likeness (QED) is 0.894. The molecule has 2 aromatic rings. The molecule has 2 N–H and O–H groups in total. The van der Waals surface area contributed by atoms with Crippen molar-refractivity contribution in [2.24, 2.45) is 0 Å². The minimum atomic E-state index is -0.123. The van der Waals surface area contributed by atoms with E-state index in [9.17, 15) is 5.11 Å². The molecule has 2 atom stereocenters. The first kappa shape index (κ1) is 14.2. The van der Waals surface area contributed by atoms with Crippen LogP contribution in [0, 0.1) is 0 Å². The van der Waals surface area contributed by atoms with Gasteiger partial charge in [0.1, 0.15) is 0 Å². The van der Waals surface area contributed by atoms with Crippen molar-refractivity contribution in [1.82, 2.24) is 20.1 Å².